The molecule has 164 valence electrons. The summed E-state index contributed by atoms with van der Waals surface area (Å²) in [5.74, 6) is 0.505. The van der Waals surface area contributed by atoms with Gasteiger partial charge in [0.2, 0.25) is 0 Å². The van der Waals surface area contributed by atoms with E-state index in [0.717, 1.165) is 0 Å². The zero-order valence-corrected chi connectivity index (χ0v) is 21.3. The highest BCUT2D eigenvalue weighted by Crippen LogP contribution is 2.41. The molecule has 2 atom stereocenters. The second-order valence-corrected chi connectivity index (χ2v) is 12.5. The van der Waals surface area contributed by atoms with Crippen LogP contribution < -0.4 is 10.6 Å². The Morgan fingerprint density at radius 1 is 0.710 bits per heavy atom. The average molecular weight is 451 g/mol. The molecule has 0 aliphatic heterocycles. The van der Waals surface area contributed by atoms with Crippen LogP contribution >= 0.6 is 19.9 Å². The Balaban J connectivity index is 1.80. The van der Waals surface area contributed by atoms with E-state index in [9.17, 15) is 0 Å². The van der Waals surface area contributed by atoms with Crippen molar-refractivity contribution in [2.24, 2.45) is 5.92 Å². The van der Waals surface area contributed by atoms with Crippen LogP contribution in [0.25, 0.3) is 0 Å². The van der Waals surface area contributed by atoms with Crippen molar-refractivity contribution < 1.29 is 4.52 Å². The number of rotatable bonds is 8. The molecule has 0 fully saturated rings. The van der Waals surface area contributed by atoms with Crippen molar-refractivity contribution in [3.05, 3.63) is 90.5 Å². The van der Waals surface area contributed by atoms with Crippen molar-refractivity contribution in [3.63, 3.8) is 0 Å². The number of hydrogen-bond donors (Lipinski definition) is 0. The van der Waals surface area contributed by atoms with Crippen molar-refractivity contribution in [2.75, 3.05) is 0 Å². The first-order valence-electron chi connectivity index (χ1n) is 11.1. The summed E-state index contributed by atoms with van der Waals surface area (Å²) in [4.78, 5) is 1.31. The highest BCUT2D eigenvalue weighted by Gasteiger charge is 2.27. The number of hydrogen-bond acceptors (Lipinski definition) is 2. The normalized spacial score (nSPS) is 14.1. The van der Waals surface area contributed by atoms with Gasteiger partial charge >= 0.3 is 0 Å². The molecule has 3 rings (SSSR count). The Morgan fingerprint density at radius 3 is 1.61 bits per heavy atom. The third-order valence-electron chi connectivity index (χ3n) is 5.37. The maximum absolute atomic E-state index is 6.84. The van der Waals surface area contributed by atoms with Crippen LogP contribution in [0.3, 0.4) is 0 Å². The van der Waals surface area contributed by atoms with Crippen molar-refractivity contribution in [1.29, 1.82) is 0 Å². The van der Waals surface area contributed by atoms with E-state index < -0.39 is 8.15 Å². The lowest BCUT2D eigenvalue weighted by Crippen LogP contribution is -2.29. The summed E-state index contributed by atoms with van der Waals surface area (Å²) < 4.78 is 6.84. The smallest absolute Gasteiger partial charge is 0.0922 e. The van der Waals surface area contributed by atoms with Gasteiger partial charge in [-0.25, -0.2) is 0 Å². The van der Waals surface area contributed by atoms with E-state index in [4.69, 9.17) is 4.52 Å². The molecule has 0 aliphatic rings. The maximum atomic E-state index is 6.84. The average Bonchev–Trinajstić information content (AvgIpc) is 2.76. The van der Waals surface area contributed by atoms with Gasteiger partial charge < -0.3 is 4.52 Å². The summed E-state index contributed by atoms with van der Waals surface area (Å²) in [6.07, 6.45) is 0.124. The number of benzene rings is 3. The lowest BCUT2D eigenvalue weighted by atomic mass is 9.87. The molecule has 0 saturated carbocycles. The Labute approximate surface area is 194 Å². The Bertz CT molecular complexity index is 877. The third kappa shape index (κ3) is 6.69. The first kappa shape index (κ1) is 24.1. The van der Waals surface area contributed by atoms with E-state index in [2.05, 4.69) is 126 Å². The fourth-order valence-corrected chi connectivity index (χ4v) is 6.69. The SMILES string of the molecule is CC(C)[C@@H](Sc1ccc(C(C)(C)C)cc1)[C@@H](C)OP(c1ccccc1)c1ccccc1. The van der Waals surface area contributed by atoms with Crippen molar-refractivity contribution in [3.8, 4) is 0 Å². The number of thioether (sulfide) groups is 1. The minimum Gasteiger partial charge on any atom is -0.346 e. The van der Waals surface area contributed by atoms with Gasteiger partial charge in [-0.15, -0.1) is 11.8 Å². The third-order valence-corrected chi connectivity index (χ3v) is 9.19. The first-order chi connectivity index (χ1) is 14.8. The van der Waals surface area contributed by atoms with Gasteiger partial charge in [0.15, 0.2) is 0 Å². The summed E-state index contributed by atoms with van der Waals surface area (Å²) in [6.45, 7) is 13.6. The summed E-state index contributed by atoms with van der Waals surface area (Å²) in [7, 11) is -0.856. The van der Waals surface area contributed by atoms with Gasteiger partial charge in [-0.1, -0.05) is 107 Å². The molecule has 31 heavy (non-hydrogen) atoms. The lowest BCUT2D eigenvalue weighted by Gasteiger charge is -2.31. The molecule has 0 spiro atoms. The van der Waals surface area contributed by atoms with Gasteiger partial charge in [-0.2, -0.15) is 0 Å². The van der Waals surface area contributed by atoms with Crippen LogP contribution in [-0.2, 0) is 9.94 Å². The van der Waals surface area contributed by atoms with Crippen LogP contribution in [0.5, 0.6) is 0 Å². The van der Waals surface area contributed by atoms with Crippen LogP contribution in [-0.4, -0.2) is 11.4 Å². The van der Waals surface area contributed by atoms with Crippen LogP contribution in [0.1, 0.15) is 47.1 Å². The summed E-state index contributed by atoms with van der Waals surface area (Å²) in [5.41, 5.74) is 1.55. The molecule has 3 aromatic carbocycles. The van der Waals surface area contributed by atoms with Gasteiger partial charge in [-0.3, -0.25) is 0 Å². The molecule has 0 radical (unpaired) electrons. The van der Waals surface area contributed by atoms with Crippen LogP contribution in [0.2, 0.25) is 0 Å². The quantitative estimate of drug-likeness (QED) is 0.259. The minimum atomic E-state index is -0.856. The van der Waals surface area contributed by atoms with Gasteiger partial charge in [0.25, 0.3) is 0 Å². The summed E-state index contributed by atoms with van der Waals surface area (Å²) in [5, 5.41) is 2.90. The maximum Gasteiger partial charge on any atom is 0.0922 e. The molecule has 0 saturated heterocycles. The second kappa shape index (κ2) is 10.8. The minimum absolute atomic E-state index is 0.124. The molecule has 3 aromatic rings. The molecule has 0 aliphatic carbocycles. The predicted octanol–water partition coefficient (Wildman–Crippen LogP) is 7.55. The van der Waals surface area contributed by atoms with E-state index in [1.165, 1.54) is 21.1 Å². The summed E-state index contributed by atoms with van der Waals surface area (Å²) >= 11 is 1.94. The van der Waals surface area contributed by atoms with E-state index in [1.807, 2.05) is 11.8 Å². The Hall–Kier alpha value is -1.60. The van der Waals surface area contributed by atoms with E-state index in [-0.39, 0.29) is 11.5 Å². The van der Waals surface area contributed by atoms with Crippen molar-refractivity contribution in [1.82, 2.24) is 0 Å². The van der Waals surface area contributed by atoms with Crippen LogP contribution in [0, 0.1) is 5.92 Å². The molecule has 1 nitrogen and oxygen atoms in total. The molecular formula is C28H35OPS. The van der Waals surface area contributed by atoms with Gasteiger partial charge in [0, 0.05) is 20.8 Å². The van der Waals surface area contributed by atoms with Crippen molar-refractivity contribution in [2.45, 2.75) is 63.2 Å². The molecule has 0 amide bonds. The molecule has 0 bridgehead atoms. The highest BCUT2D eigenvalue weighted by molar-refractivity contribution is 8.00. The van der Waals surface area contributed by atoms with E-state index in [0.29, 0.717) is 11.2 Å². The largest absolute Gasteiger partial charge is 0.346 e. The van der Waals surface area contributed by atoms with E-state index in [1.54, 1.807) is 0 Å². The molecule has 0 N–H and O–H groups in total. The topological polar surface area (TPSA) is 9.23 Å². The lowest BCUT2D eigenvalue weighted by molar-refractivity contribution is 0.228. The zero-order chi connectivity index (χ0) is 22.4. The molecule has 0 heterocycles. The predicted molar refractivity (Wildman–Crippen MR) is 139 cm³/mol. The second-order valence-electron chi connectivity index (χ2n) is 9.38. The molecule has 0 unspecified atom stereocenters. The van der Waals surface area contributed by atoms with Gasteiger partial charge in [0.05, 0.1) is 14.3 Å². The molecular weight excluding hydrogens is 415 g/mol. The fraction of sp³-hybridized carbons (Fsp3) is 0.357. The summed E-state index contributed by atoms with van der Waals surface area (Å²) in [6, 6.07) is 30.4. The Morgan fingerprint density at radius 2 is 1.19 bits per heavy atom. The van der Waals surface area contributed by atoms with Crippen LogP contribution in [0.15, 0.2) is 89.8 Å². The Kier molecular flexibility index (Phi) is 8.39. The fourth-order valence-electron chi connectivity index (χ4n) is 3.59. The standard InChI is InChI=1S/C28H35OPS/c1-21(2)27(31-26-19-17-23(18-20-26)28(4,5)6)22(3)29-30(24-13-9-7-10-14-24)25-15-11-8-12-16-25/h7-22,27H,1-6H3/t22-,27-/m1/s1. The van der Waals surface area contributed by atoms with Crippen LogP contribution in [0.4, 0.5) is 0 Å². The van der Waals surface area contributed by atoms with Gasteiger partial charge in [0.1, 0.15) is 0 Å². The van der Waals surface area contributed by atoms with Crippen molar-refractivity contribution >= 4 is 30.5 Å². The van der Waals surface area contributed by atoms with E-state index >= 15 is 0 Å². The van der Waals surface area contributed by atoms with Gasteiger partial charge in [-0.05, 0) is 36.0 Å². The molecule has 3 heteroatoms. The molecule has 0 aromatic heterocycles. The monoisotopic (exact) mass is 450 g/mol. The highest BCUT2D eigenvalue weighted by atomic mass is 32.2. The zero-order valence-electron chi connectivity index (χ0n) is 19.6. The first-order valence-corrected chi connectivity index (χ1v) is 13.2.